The molecule has 2 aromatic carbocycles. The standard InChI is InChI=1S/C22H22O10/c1-29-11-4-2-10(3-5-11)13-9-30-15-7-12(6-14(24)17(15)18(13)25)31-22-21(28)20(27)19(26)16(8-23)32-22/h2-7,9,16,19-24,26-28H,8H2,1H3/t16-,19-,20+,21-,22-/m1/s1. The molecule has 5 N–H and O–H groups in total. The minimum absolute atomic E-state index is 0.0202. The topological polar surface area (TPSA) is 159 Å². The summed E-state index contributed by atoms with van der Waals surface area (Å²) in [5.41, 5.74) is 0.362. The van der Waals surface area contributed by atoms with Crippen molar-refractivity contribution in [3.63, 3.8) is 0 Å². The highest BCUT2D eigenvalue weighted by atomic mass is 16.7. The van der Waals surface area contributed by atoms with Crippen molar-refractivity contribution >= 4 is 11.0 Å². The predicted molar refractivity (Wildman–Crippen MR) is 111 cm³/mol. The Kier molecular flexibility index (Phi) is 6.04. The van der Waals surface area contributed by atoms with Crippen LogP contribution in [0.3, 0.4) is 0 Å². The van der Waals surface area contributed by atoms with E-state index in [1.165, 1.54) is 19.4 Å². The fourth-order valence-electron chi connectivity index (χ4n) is 3.54. The quantitative estimate of drug-likeness (QED) is 0.370. The summed E-state index contributed by atoms with van der Waals surface area (Å²) in [6.45, 7) is -0.614. The van der Waals surface area contributed by atoms with Crippen molar-refractivity contribution in [1.82, 2.24) is 0 Å². The molecule has 3 aromatic rings. The van der Waals surface area contributed by atoms with E-state index in [-0.39, 0.29) is 22.3 Å². The third-order valence-electron chi connectivity index (χ3n) is 5.33. The molecular weight excluding hydrogens is 424 g/mol. The molecule has 0 saturated carbocycles. The van der Waals surface area contributed by atoms with Gasteiger partial charge in [0.15, 0.2) is 0 Å². The third kappa shape index (κ3) is 3.90. The molecule has 0 aliphatic carbocycles. The molecule has 5 atom stereocenters. The molecule has 1 aromatic heterocycles. The molecule has 0 radical (unpaired) electrons. The second-order valence-electron chi connectivity index (χ2n) is 7.34. The second kappa shape index (κ2) is 8.77. The van der Waals surface area contributed by atoms with Crippen molar-refractivity contribution in [2.45, 2.75) is 30.7 Å². The van der Waals surface area contributed by atoms with Crippen LogP contribution in [0.5, 0.6) is 17.2 Å². The van der Waals surface area contributed by atoms with E-state index in [1.807, 2.05) is 0 Å². The molecule has 1 fully saturated rings. The number of hydrogen-bond acceptors (Lipinski definition) is 10. The summed E-state index contributed by atoms with van der Waals surface area (Å²) in [5.74, 6) is 0.169. The van der Waals surface area contributed by atoms with E-state index in [1.54, 1.807) is 24.3 Å². The number of phenols is 1. The van der Waals surface area contributed by atoms with Crippen molar-refractivity contribution in [2.24, 2.45) is 0 Å². The van der Waals surface area contributed by atoms with E-state index in [9.17, 15) is 30.3 Å². The summed E-state index contributed by atoms with van der Waals surface area (Å²) in [5, 5.41) is 49.6. The maximum atomic E-state index is 13.0. The Morgan fingerprint density at radius 2 is 1.72 bits per heavy atom. The normalized spacial score (nSPS) is 25.6. The first-order valence-corrected chi connectivity index (χ1v) is 9.74. The van der Waals surface area contributed by atoms with Gasteiger partial charge in [0.05, 0.1) is 19.3 Å². The number of fused-ring (bicyclic) bond motifs is 1. The van der Waals surface area contributed by atoms with Crippen LogP contribution >= 0.6 is 0 Å². The van der Waals surface area contributed by atoms with Crippen LogP contribution in [0, 0.1) is 0 Å². The number of rotatable bonds is 5. The Morgan fingerprint density at radius 1 is 1.00 bits per heavy atom. The molecule has 0 bridgehead atoms. The number of methoxy groups -OCH3 is 1. The highest BCUT2D eigenvalue weighted by Crippen LogP contribution is 2.32. The van der Waals surface area contributed by atoms with Crippen LogP contribution < -0.4 is 14.9 Å². The van der Waals surface area contributed by atoms with Gasteiger partial charge >= 0.3 is 0 Å². The number of ether oxygens (including phenoxy) is 3. The molecule has 1 aliphatic rings. The van der Waals surface area contributed by atoms with Gasteiger partial charge in [-0.1, -0.05) is 12.1 Å². The summed E-state index contributed by atoms with van der Waals surface area (Å²) < 4.78 is 21.4. The van der Waals surface area contributed by atoms with Crippen molar-refractivity contribution in [3.8, 4) is 28.4 Å². The van der Waals surface area contributed by atoms with Gasteiger partial charge < -0.3 is 44.2 Å². The summed E-state index contributed by atoms with van der Waals surface area (Å²) in [6, 6.07) is 9.20. The minimum atomic E-state index is -1.63. The van der Waals surface area contributed by atoms with Crippen molar-refractivity contribution < 1.29 is 44.2 Å². The largest absolute Gasteiger partial charge is 0.507 e. The van der Waals surface area contributed by atoms with Gasteiger partial charge in [0.1, 0.15) is 58.9 Å². The molecule has 1 aliphatic heterocycles. The number of benzene rings is 2. The van der Waals surface area contributed by atoms with Gasteiger partial charge in [0.2, 0.25) is 11.7 Å². The Morgan fingerprint density at radius 3 is 2.38 bits per heavy atom. The summed E-state index contributed by atoms with van der Waals surface area (Å²) >= 11 is 0. The van der Waals surface area contributed by atoms with Gasteiger partial charge in [-0.15, -0.1) is 0 Å². The zero-order valence-corrected chi connectivity index (χ0v) is 16.9. The fraction of sp³-hybridized carbons (Fsp3) is 0.318. The first-order chi connectivity index (χ1) is 15.3. The maximum Gasteiger partial charge on any atom is 0.229 e. The summed E-state index contributed by atoms with van der Waals surface area (Å²) in [4.78, 5) is 13.0. The van der Waals surface area contributed by atoms with Crippen LogP contribution in [-0.4, -0.2) is 70.0 Å². The lowest BCUT2D eigenvalue weighted by molar-refractivity contribution is -0.277. The first kappa shape index (κ1) is 22.1. The smallest absolute Gasteiger partial charge is 0.229 e. The van der Waals surface area contributed by atoms with Gasteiger partial charge in [-0.3, -0.25) is 4.79 Å². The van der Waals surface area contributed by atoms with Crippen LogP contribution in [0.15, 0.2) is 51.9 Å². The Hall–Kier alpha value is -3.15. The second-order valence-corrected chi connectivity index (χ2v) is 7.34. The molecule has 0 unspecified atom stereocenters. The average Bonchev–Trinajstić information content (AvgIpc) is 2.79. The molecule has 32 heavy (non-hydrogen) atoms. The number of aromatic hydroxyl groups is 1. The fourth-order valence-corrected chi connectivity index (χ4v) is 3.54. The van der Waals surface area contributed by atoms with E-state index in [2.05, 4.69) is 0 Å². The van der Waals surface area contributed by atoms with Crippen molar-refractivity contribution in [3.05, 3.63) is 52.9 Å². The van der Waals surface area contributed by atoms with Gasteiger partial charge in [0.25, 0.3) is 0 Å². The minimum Gasteiger partial charge on any atom is -0.507 e. The van der Waals surface area contributed by atoms with Crippen molar-refractivity contribution in [1.29, 1.82) is 0 Å². The molecule has 10 nitrogen and oxygen atoms in total. The monoisotopic (exact) mass is 446 g/mol. The lowest BCUT2D eigenvalue weighted by Crippen LogP contribution is -2.60. The van der Waals surface area contributed by atoms with Gasteiger partial charge in [-0.05, 0) is 17.7 Å². The molecule has 1 saturated heterocycles. The lowest BCUT2D eigenvalue weighted by Gasteiger charge is -2.39. The number of phenolic OH excluding ortho intramolecular Hbond substituents is 1. The van der Waals surface area contributed by atoms with E-state index in [0.717, 1.165) is 6.07 Å². The zero-order chi connectivity index (χ0) is 23.0. The molecule has 0 spiro atoms. The van der Waals surface area contributed by atoms with Crippen LogP contribution in [0.1, 0.15) is 0 Å². The number of aliphatic hydroxyl groups excluding tert-OH is 4. The molecular formula is C22H22O10. The SMILES string of the molecule is COc1ccc(-c2coc3cc(O[C@@H]4O[C@H](CO)[C@@H](O)[C@H](O)[C@H]4O)cc(O)c3c2=O)cc1. The Balaban J connectivity index is 1.66. The van der Waals surface area contributed by atoms with E-state index in [0.29, 0.717) is 11.3 Å². The van der Waals surface area contributed by atoms with Gasteiger partial charge in [-0.2, -0.15) is 0 Å². The summed E-state index contributed by atoms with van der Waals surface area (Å²) in [7, 11) is 1.53. The maximum absolute atomic E-state index is 13.0. The van der Waals surface area contributed by atoms with E-state index >= 15 is 0 Å². The number of hydrogen-bond donors (Lipinski definition) is 5. The van der Waals surface area contributed by atoms with E-state index < -0.39 is 48.5 Å². The number of aliphatic hydroxyl groups is 4. The third-order valence-corrected chi connectivity index (χ3v) is 5.33. The molecule has 0 amide bonds. The van der Waals surface area contributed by atoms with Crippen LogP contribution in [-0.2, 0) is 4.74 Å². The first-order valence-electron chi connectivity index (χ1n) is 9.74. The summed E-state index contributed by atoms with van der Waals surface area (Å²) in [6.07, 6.45) is -6.14. The van der Waals surface area contributed by atoms with Gasteiger partial charge in [-0.25, -0.2) is 0 Å². The van der Waals surface area contributed by atoms with Crippen LogP contribution in [0.2, 0.25) is 0 Å². The van der Waals surface area contributed by atoms with Crippen LogP contribution in [0.25, 0.3) is 22.1 Å². The lowest BCUT2D eigenvalue weighted by atomic mass is 9.99. The van der Waals surface area contributed by atoms with Crippen molar-refractivity contribution in [2.75, 3.05) is 13.7 Å². The highest BCUT2D eigenvalue weighted by Gasteiger charge is 2.44. The van der Waals surface area contributed by atoms with Gasteiger partial charge in [0, 0.05) is 12.1 Å². The van der Waals surface area contributed by atoms with E-state index in [4.69, 9.17) is 18.6 Å². The van der Waals surface area contributed by atoms with Crippen LogP contribution in [0.4, 0.5) is 0 Å². The molecule has 10 heteroatoms. The molecule has 4 rings (SSSR count). The Bertz CT molecular complexity index is 1150. The molecule has 2 heterocycles. The predicted octanol–water partition coefficient (Wildman–Crippen LogP) is 0.353. The molecule has 170 valence electrons. The Labute approximate surface area is 181 Å². The highest BCUT2D eigenvalue weighted by molar-refractivity contribution is 5.88. The average molecular weight is 446 g/mol. The zero-order valence-electron chi connectivity index (χ0n) is 16.9.